The van der Waals surface area contributed by atoms with Crippen LogP contribution in [0, 0.1) is 0 Å². The first-order valence-electron chi connectivity index (χ1n) is 4.21. The molecule has 0 aliphatic rings. The van der Waals surface area contributed by atoms with E-state index in [1.165, 1.54) is 7.11 Å². The highest BCUT2D eigenvalue weighted by molar-refractivity contribution is 5.96. The van der Waals surface area contributed by atoms with Crippen LogP contribution in [0.3, 0.4) is 0 Å². The predicted molar refractivity (Wildman–Crippen MR) is 71.0 cm³/mol. The van der Waals surface area contributed by atoms with E-state index in [1.54, 1.807) is 12.1 Å². The molecule has 1 aromatic carbocycles. The van der Waals surface area contributed by atoms with Gasteiger partial charge in [-0.2, -0.15) is 0 Å². The molecule has 0 heterocycles. The fourth-order valence-corrected chi connectivity index (χ4v) is 1.11. The number of nitrogens with two attached hydrogens (primary N) is 1. The first kappa shape index (κ1) is 17.3. The minimum Gasteiger partial charge on any atom is -0.465 e. The van der Waals surface area contributed by atoms with Gasteiger partial charge in [-0.3, -0.25) is 0 Å². The number of hydrogen-bond acceptors (Lipinski definition) is 4. The van der Waals surface area contributed by atoms with Gasteiger partial charge in [-0.15, -0.1) is 24.8 Å². The smallest absolute Gasteiger partial charge is 0.340 e. The van der Waals surface area contributed by atoms with Gasteiger partial charge in [0.25, 0.3) is 0 Å². The van der Waals surface area contributed by atoms with Crippen LogP contribution in [0.1, 0.15) is 10.4 Å². The molecule has 0 atom stereocenters. The number of esters is 1. The number of rotatable bonds is 2. The minimum absolute atomic E-state index is 0. The molecule has 0 saturated carbocycles. The van der Waals surface area contributed by atoms with Crippen molar-refractivity contribution in [3.8, 4) is 0 Å². The molecule has 0 saturated heterocycles. The van der Waals surface area contributed by atoms with Crippen molar-refractivity contribution in [1.29, 1.82) is 0 Å². The lowest BCUT2D eigenvalue weighted by molar-refractivity contribution is 0.0602. The average molecular weight is 267 g/mol. The Labute approximate surface area is 108 Å². The third-order valence-corrected chi connectivity index (χ3v) is 1.96. The molecular weight excluding hydrogens is 251 g/mol. The Hall–Kier alpha value is -1.13. The number of nitrogens with zero attached hydrogens (tertiary/aromatic N) is 1. The number of methoxy groups -OCH3 is 1. The van der Waals surface area contributed by atoms with Crippen molar-refractivity contribution in [1.82, 2.24) is 0 Å². The zero-order valence-electron chi connectivity index (χ0n) is 9.39. The number of benzene rings is 1. The van der Waals surface area contributed by atoms with Crippen molar-refractivity contribution >= 4 is 42.2 Å². The van der Waals surface area contributed by atoms with Crippen molar-refractivity contribution in [2.24, 2.45) is 0 Å². The molecular formula is C10H16Cl2N2O2. The molecule has 0 amide bonds. The maximum atomic E-state index is 11.3. The maximum Gasteiger partial charge on any atom is 0.340 e. The van der Waals surface area contributed by atoms with E-state index in [0.29, 0.717) is 11.3 Å². The van der Waals surface area contributed by atoms with Crippen LogP contribution >= 0.6 is 24.8 Å². The maximum absolute atomic E-state index is 11.3. The van der Waals surface area contributed by atoms with E-state index in [2.05, 4.69) is 4.74 Å². The number of hydrogen-bond donors (Lipinski definition) is 1. The molecule has 92 valence electrons. The summed E-state index contributed by atoms with van der Waals surface area (Å²) in [5, 5.41) is 0. The van der Waals surface area contributed by atoms with Gasteiger partial charge in [0.1, 0.15) is 0 Å². The van der Waals surface area contributed by atoms with Gasteiger partial charge < -0.3 is 15.4 Å². The Kier molecular flexibility index (Phi) is 7.77. The molecule has 0 fully saturated rings. The lowest BCUT2D eigenvalue weighted by Crippen LogP contribution is -2.11. The van der Waals surface area contributed by atoms with Crippen LogP contribution in [-0.2, 0) is 4.74 Å². The normalized spacial score (nSPS) is 8.44. The van der Waals surface area contributed by atoms with Crippen molar-refractivity contribution in [2.75, 3.05) is 31.8 Å². The molecule has 0 aromatic heterocycles. The second-order valence-corrected chi connectivity index (χ2v) is 3.16. The summed E-state index contributed by atoms with van der Waals surface area (Å²) in [5.41, 5.74) is 7.40. The van der Waals surface area contributed by atoms with E-state index in [4.69, 9.17) is 5.73 Å². The van der Waals surface area contributed by atoms with Crippen LogP contribution in [-0.4, -0.2) is 27.2 Å². The third-order valence-electron chi connectivity index (χ3n) is 1.96. The van der Waals surface area contributed by atoms with Crippen molar-refractivity contribution < 1.29 is 9.53 Å². The van der Waals surface area contributed by atoms with Crippen LogP contribution < -0.4 is 10.6 Å². The van der Waals surface area contributed by atoms with Gasteiger partial charge in [0.05, 0.1) is 12.7 Å². The predicted octanol–water partition coefficient (Wildman–Crippen LogP) is 1.96. The Bertz CT molecular complexity index is 357. The highest BCUT2D eigenvalue weighted by Gasteiger charge is 2.10. The minimum atomic E-state index is -0.411. The van der Waals surface area contributed by atoms with Crippen LogP contribution in [0.15, 0.2) is 18.2 Å². The molecule has 16 heavy (non-hydrogen) atoms. The Balaban J connectivity index is 0. The van der Waals surface area contributed by atoms with Crippen LogP contribution in [0.5, 0.6) is 0 Å². The third kappa shape index (κ3) is 3.79. The fraction of sp³-hybridized carbons (Fsp3) is 0.300. The summed E-state index contributed by atoms with van der Waals surface area (Å²) in [7, 11) is 5.13. The molecule has 0 aliphatic heterocycles. The SMILES string of the molecule is COC(=O)c1cc(N(C)C)ccc1N.Cl.Cl. The summed E-state index contributed by atoms with van der Waals surface area (Å²) in [6.45, 7) is 0. The van der Waals surface area contributed by atoms with Crippen LogP contribution in [0.4, 0.5) is 11.4 Å². The van der Waals surface area contributed by atoms with Gasteiger partial charge >= 0.3 is 5.97 Å². The summed E-state index contributed by atoms with van der Waals surface area (Å²) >= 11 is 0. The zero-order chi connectivity index (χ0) is 10.7. The van der Waals surface area contributed by atoms with Gasteiger partial charge in [0, 0.05) is 25.5 Å². The van der Waals surface area contributed by atoms with Crippen LogP contribution in [0.25, 0.3) is 0 Å². The Morgan fingerprint density at radius 3 is 2.31 bits per heavy atom. The molecule has 6 heteroatoms. The monoisotopic (exact) mass is 266 g/mol. The highest BCUT2D eigenvalue weighted by Crippen LogP contribution is 2.20. The molecule has 0 aliphatic carbocycles. The number of ether oxygens (including phenoxy) is 1. The number of halogens is 2. The number of carbonyl (C=O) groups is 1. The van der Waals surface area contributed by atoms with Gasteiger partial charge in [-0.05, 0) is 18.2 Å². The van der Waals surface area contributed by atoms with E-state index in [1.807, 2.05) is 25.1 Å². The van der Waals surface area contributed by atoms with E-state index in [0.717, 1.165) is 5.69 Å². The van der Waals surface area contributed by atoms with E-state index >= 15 is 0 Å². The lowest BCUT2D eigenvalue weighted by atomic mass is 10.1. The number of nitrogen functional groups attached to an aromatic ring is 1. The molecule has 0 radical (unpaired) electrons. The first-order valence-corrected chi connectivity index (χ1v) is 4.21. The standard InChI is InChI=1S/C10H14N2O2.2ClH/c1-12(2)7-4-5-9(11)8(6-7)10(13)14-3;;/h4-6H,11H2,1-3H3;2*1H. The van der Waals surface area contributed by atoms with E-state index in [-0.39, 0.29) is 24.8 Å². The van der Waals surface area contributed by atoms with Gasteiger partial charge in [-0.25, -0.2) is 4.79 Å². The average Bonchev–Trinajstić information content (AvgIpc) is 2.17. The Morgan fingerprint density at radius 2 is 1.88 bits per heavy atom. The first-order chi connectivity index (χ1) is 6.56. The topological polar surface area (TPSA) is 55.6 Å². The quantitative estimate of drug-likeness (QED) is 0.657. The second kappa shape index (κ2) is 7.19. The molecule has 4 nitrogen and oxygen atoms in total. The number of anilines is 2. The van der Waals surface area contributed by atoms with Gasteiger partial charge in [0.2, 0.25) is 0 Å². The molecule has 2 N–H and O–H groups in total. The van der Waals surface area contributed by atoms with E-state index < -0.39 is 5.97 Å². The highest BCUT2D eigenvalue weighted by atomic mass is 35.5. The summed E-state index contributed by atoms with van der Waals surface area (Å²) < 4.78 is 4.61. The second-order valence-electron chi connectivity index (χ2n) is 3.16. The summed E-state index contributed by atoms with van der Waals surface area (Å²) in [6.07, 6.45) is 0. The van der Waals surface area contributed by atoms with Crippen molar-refractivity contribution in [2.45, 2.75) is 0 Å². The van der Waals surface area contributed by atoms with Gasteiger partial charge in [-0.1, -0.05) is 0 Å². The molecule has 1 rings (SSSR count). The van der Waals surface area contributed by atoms with Gasteiger partial charge in [0.15, 0.2) is 0 Å². The Morgan fingerprint density at radius 1 is 1.31 bits per heavy atom. The largest absolute Gasteiger partial charge is 0.465 e. The molecule has 1 aromatic rings. The van der Waals surface area contributed by atoms with Crippen LogP contribution in [0.2, 0.25) is 0 Å². The van der Waals surface area contributed by atoms with E-state index in [9.17, 15) is 4.79 Å². The zero-order valence-corrected chi connectivity index (χ0v) is 11.0. The molecule has 0 spiro atoms. The van der Waals surface area contributed by atoms with Crippen molar-refractivity contribution in [3.05, 3.63) is 23.8 Å². The lowest BCUT2D eigenvalue weighted by Gasteiger charge is -2.14. The fourth-order valence-electron chi connectivity index (χ4n) is 1.11. The number of carbonyl (C=O) groups excluding carboxylic acids is 1. The summed E-state index contributed by atoms with van der Waals surface area (Å²) in [5.74, 6) is -0.411. The summed E-state index contributed by atoms with van der Waals surface area (Å²) in [6, 6.07) is 5.25. The summed E-state index contributed by atoms with van der Waals surface area (Å²) in [4.78, 5) is 13.2. The van der Waals surface area contributed by atoms with Crippen molar-refractivity contribution in [3.63, 3.8) is 0 Å². The molecule has 0 bridgehead atoms. The molecule has 0 unspecified atom stereocenters.